The van der Waals surface area contributed by atoms with Gasteiger partial charge in [-0.25, -0.2) is 4.79 Å². The molecule has 0 heterocycles. The minimum absolute atomic E-state index is 0.133. The summed E-state index contributed by atoms with van der Waals surface area (Å²) in [5.74, 6) is -0.572. The highest BCUT2D eigenvalue weighted by Gasteiger charge is 2.14. The molecule has 2 N–H and O–H groups in total. The maximum Gasteiger partial charge on any atom is 0.341 e. The second-order valence-corrected chi connectivity index (χ2v) is 6.64. The molecule has 2 rings (SSSR count). The Balaban J connectivity index is 2.24. The van der Waals surface area contributed by atoms with Gasteiger partial charge in [-0.1, -0.05) is 15.9 Å². The van der Waals surface area contributed by atoms with E-state index in [2.05, 4.69) is 21.2 Å². The van der Waals surface area contributed by atoms with Crippen molar-refractivity contribution in [3.05, 3.63) is 52.0 Å². The van der Waals surface area contributed by atoms with Crippen LogP contribution in [0.15, 0.2) is 46.4 Å². The number of nitrogens with zero attached hydrogens (tertiary/aromatic N) is 1. The predicted molar refractivity (Wildman–Crippen MR) is 114 cm³/mol. The molecule has 0 saturated heterocycles. The highest BCUT2D eigenvalue weighted by molar-refractivity contribution is 9.10. The van der Waals surface area contributed by atoms with E-state index in [4.69, 9.17) is 19.3 Å². The second kappa shape index (κ2) is 10.9. The Morgan fingerprint density at radius 3 is 2.47 bits per heavy atom. The molecule has 0 aromatic heterocycles. The Morgan fingerprint density at radius 1 is 1.20 bits per heavy atom. The molecule has 30 heavy (non-hydrogen) atoms. The summed E-state index contributed by atoms with van der Waals surface area (Å²) in [6.07, 6.45) is 1.39. The van der Waals surface area contributed by atoms with Gasteiger partial charge in [0.25, 0.3) is 5.91 Å². The molecular weight excluding hydrogens is 456 g/mol. The average molecular weight is 475 g/mol. The molecule has 0 spiro atoms. The fourth-order valence-corrected chi connectivity index (χ4v) is 2.81. The number of hydrogen-bond acceptors (Lipinski definition) is 6. The lowest BCUT2D eigenvalue weighted by atomic mass is 10.1. The summed E-state index contributed by atoms with van der Waals surface area (Å²) in [7, 11) is 1.40. The van der Waals surface area contributed by atoms with Crippen LogP contribution in [0.25, 0.3) is 6.08 Å². The molecule has 1 amide bonds. The van der Waals surface area contributed by atoms with Gasteiger partial charge in [-0.3, -0.25) is 4.79 Å². The number of nitrogens with one attached hydrogen (secondary N) is 1. The summed E-state index contributed by atoms with van der Waals surface area (Å²) in [6.45, 7) is 1.87. The number of amides is 1. The van der Waals surface area contributed by atoms with Gasteiger partial charge in [-0.05, 0) is 55.0 Å². The van der Waals surface area contributed by atoms with Crippen molar-refractivity contribution in [2.75, 3.05) is 25.6 Å². The fraction of sp³-hybridized carbons (Fsp3) is 0.190. The largest absolute Gasteiger partial charge is 0.494 e. The highest BCUT2D eigenvalue weighted by atomic mass is 79.9. The minimum Gasteiger partial charge on any atom is -0.494 e. The first-order valence-electron chi connectivity index (χ1n) is 8.76. The van der Waals surface area contributed by atoms with Gasteiger partial charge >= 0.3 is 5.97 Å². The van der Waals surface area contributed by atoms with E-state index < -0.39 is 18.5 Å². The van der Waals surface area contributed by atoms with E-state index in [1.165, 1.54) is 25.3 Å². The number of rotatable bonds is 9. The smallest absolute Gasteiger partial charge is 0.341 e. The SMILES string of the molecule is CCOc1ccc(NC(=O)/C(C#N)=C\c2cc(OC)c(OCC(=O)O)cc2Br)cc1. The number of anilines is 1. The summed E-state index contributed by atoms with van der Waals surface area (Å²) in [6, 6.07) is 11.7. The van der Waals surface area contributed by atoms with Crippen LogP contribution >= 0.6 is 15.9 Å². The van der Waals surface area contributed by atoms with Gasteiger partial charge in [-0.15, -0.1) is 0 Å². The Hall–Kier alpha value is -3.51. The molecule has 0 atom stereocenters. The van der Waals surface area contributed by atoms with Gasteiger partial charge in [-0.2, -0.15) is 5.26 Å². The summed E-state index contributed by atoms with van der Waals surface area (Å²) >= 11 is 3.33. The van der Waals surface area contributed by atoms with Crippen molar-refractivity contribution in [3.8, 4) is 23.3 Å². The molecule has 0 radical (unpaired) electrons. The van der Waals surface area contributed by atoms with Crippen molar-refractivity contribution in [1.82, 2.24) is 0 Å². The molecule has 0 bridgehead atoms. The third-order valence-corrected chi connectivity index (χ3v) is 4.41. The summed E-state index contributed by atoms with van der Waals surface area (Å²) in [5.41, 5.74) is 0.859. The number of aliphatic carboxylic acids is 1. The van der Waals surface area contributed by atoms with Crippen LogP contribution in [0.5, 0.6) is 17.2 Å². The van der Waals surface area contributed by atoms with Crippen LogP contribution in [0.3, 0.4) is 0 Å². The van der Waals surface area contributed by atoms with E-state index in [0.717, 1.165) is 0 Å². The Morgan fingerprint density at radius 2 is 1.90 bits per heavy atom. The maximum absolute atomic E-state index is 12.5. The van der Waals surface area contributed by atoms with E-state index in [9.17, 15) is 14.9 Å². The standard InChI is InChI=1S/C21H19BrN2O6/c1-3-29-16-6-4-15(5-7-16)24-21(27)14(11-23)8-13-9-18(28-2)19(10-17(13)22)30-12-20(25)26/h4-10H,3,12H2,1-2H3,(H,24,27)(H,25,26)/b14-8-. The van der Waals surface area contributed by atoms with Crippen LogP contribution in [-0.4, -0.2) is 37.3 Å². The van der Waals surface area contributed by atoms with E-state index in [1.807, 2.05) is 13.0 Å². The lowest BCUT2D eigenvalue weighted by Gasteiger charge is -2.12. The quantitative estimate of drug-likeness (QED) is 0.418. The van der Waals surface area contributed by atoms with Gasteiger partial charge in [0.05, 0.1) is 13.7 Å². The zero-order chi connectivity index (χ0) is 22.1. The van der Waals surface area contributed by atoms with Crippen LogP contribution in [0, 0.1) is 11.3 Å². The fourth-order valence-electron chi connectivity index (χ4n) is 2.38. The van der Waals surface area contributed by atoms with Crippen molar-refractivity contribution in [3.63, 3.8) is 0 Å². The number of benzene rings is 2. The lowest BCUT2D eigenvalue weighted by molar-refractivity contribution is -0.139. The number of carboxylic acid groups (broad SMARTS) is 1. The highest BCUT2D eigenvalue weighted by Crippen LogP contribution is 2.34. The van der Waals surface area contributed by atoms with Crippen molar-refractivity contribution in [1.29, 1.82) is 5.26 Å². The van der Waals surface area contributed by atoms with Gasteiger partial charge in [0.2, 0.25) is 0 Å². The molecule has 2 aromatic rings. The molecule has 8 nitrogen and oxygen atoms in total. The van der Waals surface area contributed by atoms with E-state index in [0.29, 0.717) is 28.1 Å². The molecule has 0 aliphatic carbocycles. The van der Waals surface area contributed by atoms with Crippen LogP contribution in [0.2, 0.25) is 0 Å². The molecular formula is C21H19BrN2O6. The van der Waals surface area contributed by atoms with Crippen molar-refractivity contribution < 1.29 is 28.9 Å². The van der Waals surface area contributed by atoms with Gasteiger partial charge in [0.1, 0.15) is 17.4 Å². The molecule has 0 unspecified atom stereocenters. The van der Waals surface area contributed by atoms with E-state index in [-0.39, 0.29) is 17.1 Å². The number of ether oxygens (including phenoxy) is 3. The van der Waals surface area contributed by atoms with Crippen LogP contribution in [0.4, 0.5) is 5.69 Å². The predicted octanol–water partition coefficient (Wildman–Crippen LogP) is 3.87. The van der Waals surface area contributed by atoms with Crippen LogP contribution in [0.1, 0.15) is 12.5 Å². The minimum atomic E-state index is -1.13. The van der Waals surface area contributed by atoms with Crippen LogP contribution in [-0.2, 0) is 9.59 Å². The summed E-state index contributed by atoms with van der Waals surface area (Å²) < 4.78 is 16.2. The van der Waals surface area contributed by atoms with Gasteiger partial charge < -0.3 is 24.6 Å². The molecule has 9 heteroatoms. The van der Waals surface area contributed by atoms with E-state index >= 15 is 0 Å². The van der Waals surface area contributed by atoms with Crippen molar-refractivity contribution >= 4 is 39.6 Å². The van der Waals surface area contributed by atoms with Gasteiger partial charge in [0.15, 0.2) is 18.1 Å². The first kappa shape index (κ1) is 22.8. The zero-order valence-corrected chi connectivity index (χ0v) is 17.9. The summed E-state index contributed by atoms with van der Waals surface area (Å²) in [5, 5.41) is 20.8. The number of carboxylic acids is 1. The number of carbonyl (C=O) groups excluding carboxylic acids is 1. The number of carbonyl (C=O) groups is 2. The van der Waals surface area contributed by atoms with Crippen LogP contribution < -0.4 is 19.5 Å². The van der Waals surface area contributed by atoms with Crippen molar-refractivity contribution in [2.24, 2.45) is 0 Å². The number of hydrogen-bond donors (Lipinski definition) is 2. The first-order chi connectivity index (χ1) is 14.4. The number of halogens is 1. The second-order valence-electron chi connectivity index (χ2n) is 5.79. The number of methoxy groups -OCH3 is 1. The monoisotopic (exact) mass is 474 g/mol. The third kappa shape index (κ3) is 6.25. The number of nitriles is 1. The molecule has 0 fully saturated rings. The first-order valence-corrected chi connectivity index (χ1v) is 9.55. The summed E-state index contributed by atoms with van der Waals surface area (Å²) in [4.78, 5) is 23.2. The molecule has 156 valence electrons. The Labute approximate surface area is 181 Å². The molecule has 0 aliphatic heterocycles. The van der Waals surface area contributed by atoms with E-state index in [1.54, 1.807) is 24.3 Å². The zero-order valence-electron chi connectivity index (χ0n) is 16.3. The normalized spacial score (nSPS) is 10.7. The molecule has 2 aromatic carbocycles. The van der Waals surface area contributed by atoms with Gasteiger partial charge in [0, 0.05) is 10.2 Å². The average Bonchev–Trinajstić information content (AvgIpc) is 2.72. The third-order valence-electron chi connectivity index (χ3n) is 3.72. The topological polar surface area (TPSA) is 118 Å². The van der Waals surface area contributed by atoms with Crippen molar-refractivity contribution in [2.45, 2.75) is 6.92 Å². The maximum atomic E-state index is 12.5. The Kier molecular flexibility index (Phi) is 8.26. The molecule has 0 saturated carbocycles. The Bertz CT molecular complexity index is 996. The lowest BCUT2D eigenvalue weighted by Crippen LogP contribution is -2.13. The molecule has 0 aliphatic rings.